The number of carbonyl (C=O) groups excluding carboxylic acids is 2. The first-order valence-electron chi connectivity index (χ1n) is 8.72. The molecule has 0 saturated carbocycles. The Balaban J connectivity index is 2.51. The molecule has 1 aliphatic rings. The van der Waals surface area contributed by atoms with E-state index in [1.54, 1.807) is 20.8 Å². The number of carbonyl (C=O) groups is 3. The summed E-state index contributed by atoms with van der Waals surface area (Å²) in [5, 5.41) is 9.21. The predicted octanol–water partition coefficient (Wildman–Crippen LogP) is 2.95. The van der Waals surface area contributed by atoms with E-state index in [9.17, 15) is 28.3 Å². The van der Waals surface area contributed by atoms with Gasteiger partial charge in [-0.1, -0.05) is 0 Å². The topological polar surface area (TPSA) is 87.2 Å². The van der Waals surface area contributed by atoms with E-state index in [2.05, 4.69) is 0 Å². The average molecular weight is 398 g/mol. The smallest absolute Gasteiger partial charge is 0.411 e. The lowest BCUT2D eigenvalue weighted by molar-refractivity contribution is -0.159. The van der Waals surface area contributed by atoms with Crippen molar-refractivity contribution in [3.8, 4) is 0 Å². The summed E-state index contributed by atoms with van der Waals surface area (Å²) in [7, 11) is 0. The second-order valence-corrected chi connectivity index (χ2v) is 8.20. The van der Waals surface area contributed by atoms with Crippen LogP contribution in [-0.2, 0) is 14.3 Å². The Hall–Kier alpha value is -2.71. The van der Waals surface area contributed by atoms with Crippen molar-refractivity contribution in [1.29, 1.82) is 0 Å². The first-order chi connectivity index (χ1) is 12.7. The zero-order chi connectivity index (χ0) is 21.4. The number of piperazine rings is 1. The molecule has 0 radical (unpaired) electrons. The van der Waals surface area contributed by atoms with Crippen molar-refractivity contribution in [2.24, 2.45) is 0 Å². The largest absolute Gasteiger partial charge is 0.480 e. The van der Waals surface area contributed by atoms with Gasteiger partial charge in [-0.3, -0.25) is 14.5 Å². The number of ether oxygens (including phenoxy) is 1. The van der Waals surface area contributed by atoms with Gasteiger partial charge in [-0.15, -0.1) is 0 Å². The summed E-state index contributed by atoms with van der Waals surface area (Å²) in [4.78, 5) is 39.2. The maximum Gasteiger partial charge on any atom is 0.411 e. The Morgan fingerprint density at radius 1 is 1.21 bits per heavy atom. The number of aliphatic carboxylic acids is 1. The molecule has 0 aliphatic carbocycles. The minimum atomic E-state index is -1.40. The van der Waals surface area contributed by atoms with Crippen LogP contribution in [0.25, 0.3) is 0 Å². The first kappa shape index (κ1) is 21.6. The molecule has 1 saturated heterocycles. The van der Waals surface area contributed by atoms with Crippen LogP contribution >= 0.6 is 0 Å². The third-order valence-corrected chi connectivity index (χ3v) is 4.38. The maximum atomic E-state index is 13.7. The Kier molecular flexibility index (Phi) is 5.68. The summed E-state index contributed by atoms with van der Waals surface area (Å²) in [5.41, 5.74) is -2.18. The summed E-state index contributed by atoms with van der Waals surface area (Å²) in [6.45, 7) is 7.09. The molecule has 1 aliphatic heterocycles. The van der Waals surface area contributed by atoms with Crippen LogP contribution in [0.5, 0.6) is 0 Å². The van der Waals surface area contributed by atoms with Crippen LogP contribution in [0.3, 0.4) is 0 Å². The molecule has 1 N–H and O–H groups in total. The van der Waals surface area contributed by atoms with Crippen LogP contribution in [0, 0.1) is 11.6 Å². The number of hydrogen-bond acceptors (Lipinski definition) is 4. The Bertz CT molecular complexity index is 784. The zero-order valence-corrected chi connectivity index (χ0v) is 16.5. The molecule has 1 heterocycles. The minimum Gasteiger partial charge on any atom is -0.480 e. The van der Waals surface area contributed by atoms with Gasteiger partial charge in [-0.25, -0.2) is 13.6 Å². The lowest BCUT2D eigenvalue weighted by Gasteiger charge is -2.49. The van der Waals surface area contributed by atoms with Gasteiger partial charge in [0.1, 0.15) is 29.3 Å². The third kappa shape index (κ3) is 4.58. The highest BCUT2D eigenvalue weighted by atomic mass is 19.1. The Morgan fingerprint density at radius 2 is 1.75 bits per heavy atom. The van der Waals surface area contributed by atoms with Crippen molar-refractivity contribution in [1.82, 2.24) is 9.80 Å². The van der Waals surface area contributed by atoms with Crippen molar-refractivity contribution >= 4 is 18.0 Å². The number of amides is 2. The maximum absolute atomic E-state index is 13.7. The van der Waals surface area contributed by atoms with E-state index in [-0.39, 0.29) is 12.1 Å². The molecule has 154 valence electrons. The number of hydrogen-bond donors (Lipinski definition) is 1. The van der Waals surface area contributed by atoms with Crippen LogP contribution in [0.15, 0.2) is 18.2 Å². The molecular formula is C19H24F2N2O5. The quantitative estimate of drug-likeness (QED) is 0.846. The molecule has 0 bridgehead atoms. The van der Waals surface area contributed by atoms with Gasteiger partial charge < -0.3 is 14.7 Å². The second-order valence-electron chi connectivity index (χ2n) is 8.20. The highest BCUT2D eigenvalue weighted by Gasteiger charge is 2.50. The molecular weight excluding hydrogens is 374 g/mol. The van der Waals surface area contributed by atoms with Crippen LogP contribution in [-0.4, -0.2) is 57.1 Å². The van der Waals surface area contributed by atoms with E-state index in [0.717, 1.165) is 21.9 Å². The van der Waals surface area contributed by atoms with Crippen LogP contribution in [0.4, 0.5) is 13.6 Å². The fourth-order valence-electron chi connectivity index (χ4n) is 3.11. The van der Waals surface area contributed by atoms with E-state index in [1.165, 1.54) is 13.8 Å². The van der Waals surface area contributed by atoms with Gasteiger partial charge in [-0.2, -0.15) is 0 Å². The molecule has 2 rings (SSSR count). The van der Waals surface area contributed by atoms with Crippen molar-refractivity contribution in [2.75, 3.05) is 13.1 Å². The number of nitrogens with zero attached hydrogens (tertiary/aromatic N) is 2. The van der Waals surface area contributed by atoms with Crippen LogP contribution in [0.2, 0.25) is 0 Å². The van der Waals surface area contributed by atoms with Gasteiger partial charge in [0.2, 0.25) is 5.91 Å². The summed E-state index contributed by atoms with van der Waals surface area (Å²) < 4.78 is 32.8. The van der Waals surface area contributed by atoms with Crippen LogP contribution < -0.4 is 0 Å². The summed E-state index contributed by atoms with van der Waals surface area (Å²) in [5.74, 6) is -3.68. The SMILES string of the molecule is CC(C)(C)OC(=O)N1CC(c2cc(F)cc(F)c2)N(CC(=O)O)C(=O)C1(C)C. The summed E-state index contributed by atoms with van der Waals surface area (Å²) in [6, 6.07) is 1.66. The van der Waals surface area contributed by atoms with Gasteiger partial charge in [-0.05, 0) is 52.3 Å². The minimum absolute atomic E-state index is 0.0520. The molecule has 1 fully saturated rings. The van der Waals surface area contributed by atoms with Gasteiger partial charge in [0.25, 0.3) is 0 Å². The molecule has 1 aromatic rings. The molecule has 0 spiro atoms. The van der Waals surface area contributed by atoms with Gasteiger partial charge in [0, 0.05) is 12.6 Å². The Labute approximate surface area is 161 Å². The third-order valence-electron chi connectivity index (χ3n) is 4.38. The average Bonchev–Trinajstić information content (AvgIpc) is 2.48. The second kappa shape index (κ2) is 7.37. The monoisotopic (exact) mass is 398 g/mol. The highest BCUT2D eigenvalue weighted by molar-refractivity contribution is 5.92. The van der Waals surface area contributed by atoms with Crippen molar-refractivity contribution in [3.63, 3.8) is 0 Å². The summed E-state index contributed by atoms with van der Waals surface area (Å²) >= 11 is 0. The first-order valence-corrected chi connectivity index (χ1v) is 8.72. The van der Waals surface area contributed by atoms with Crippen LogP contribution in [0.1, 0.15) is 46.2 Å². The molecule has 1 atom stereocenters. The van der Waals surface area contributed by atoms with E-state index in [4.69, 9.17) is 4.74 Å². The number of rotatable bonds is 3. The molecule has 2 amide bonds. The lowest BCUT2D eigenvalue weighted by Crippen LogP contribution is -2.66. The Morgan fingerprint density at radius 3 is 2.21 bits per heavy atom. The van der Waals surface area contributed by atoms with Crippen molar-refractivity contribution < 1.29 is 33.0 Å². The van der Waals surface area contributed by atoms with E-state index in [0.29, 0.717) is 6.07 Å². The molecule has 28 heavy (non-hydrogen) atoms. The highest BCUT2D eigenvalue weighted by Crippen LogP contribution is 2.35. The molecule has 7 nitrogen and oxygen atoms in total. The normalized spacial score (nSPS) is 19.5. The number of benzene rings is 1. The van der Waals surface area contributed by atoms with E-state index < -0.39 is 53.3 Å². The summed E-state index contributed by atoms with van der Waals surface area (Å²) in [6.07, 6.45) is -0.775. The predicted molar refractivity (Wildman–Crippen MR) is 95.5 cm³/mol. The number of halogens is 2. The van der Waals surface area contributed by atoms with Crippen molar-refractivity contribution in [2.45, 2.75) is 51.8 Å². The van der Waals surface area contributed by atoms with Crippen molar-refractivity contribution in [3.05, 3.63) is 35.4 Å². The van der Waals surface area contributed by atoms with E-state index in [1.807, 2.05) is 0 Å². The van der Waals surface area contributed by atoms with Gasteiger partial charge in [0.05, 0.1) is 6.04 Å². The lowest BCUT2D eigenvalue weighted by atomic mass is 9.91. The zero-order valence-electron chi connectivity index (χ0n) is 16.5. The fraction of sp³-hybridized carbons (Fsp3) is 0.526. The van der Waals surface area contributed by atoms with E-state index >= 15 is 0 Å². The van der Waals surface area contributed by atoms with Gasteiger partial charge in [0.15, 0.2) is 0 Å². The fourth-order valence-corrected chi connectivity index (χ4v) is 3.11. The standard InChI is InChI=1S/C19H24F2N2O5/c1-18(2,3)28-17(27)23-9-14(11-6-12(20)8-13(21)7-11)22(10-15(24)25)16(26)19(23,4)5/h6-8,14H,9-10H2,1-5H3,(H,24,25). The molecule has 0 aromatic heterocycles. The molecule has 1 unspecified atom stereocenters. The van der Waals surface area contributed by atoms with Gasteiger partial charge >= 0.3 is 12.1 Å². The molecule has 9 heteroatoms. The number of carboxylic acids is 1. The molecule has 1 aromatic carbocycles. The number of carboxylic acid groups (broad SMARTS) is 1.